The van der Waals surface area contributed by atoms with Gasteiger partial charge in [0, 0.05) is 15.4 Å². The zero-order valence-electron chi connectivity index (χ0n) is 10.2. The van der Waals surface area contributed by atoms with E-state index in [0.29, 0.717) is 6.61 Å². The van der Waals surface area contributed by atoms with Crippen LogP contribution >= 0.6 is 15.9 Å². The summed E-state index contributed by atoms with van der Waals surface area (Å²) in [4.78, 5) is 3.43. The second-order valence-electron chi connectivity index (χ2n) is 4.73. The summed E-state index contributed by atoms with van der Waals surface area (Å²) in [6.45, 7) is 1.43. The molecule has 4 heteroatoms. The fourth-order valence-electron chi connectivity index (χ4n) is 2.36. The number of aromatic nitrogens is 1. The van der Waals surface area contributed by atoms with Gasteiger partial charge in [-0.2, -0.15) is 0 Å². The molecule has 1 aromatic heterocycles. The van der Waals surface area contributed by atoms with Crippen LogP contribution in [0, 0.1) is 0 Å². The minimum atomic E-state index is 0.268. The molecule has 2 aromatic carbocycles. The van der Waals surface area contributed by atoms with Crippen LogP contribution in [0.15, 0.2) is 40.9 Å². The van der Waals surface area contributed by atoms with Crippen molar-refractivity contribution in [1.29, 1.82) is 0 Å². The Kier molecular flexibility index (Phi) is 2.53. The Labute approximate surface area is 118 Å². The first-order chi connectivity index (χ1) is 9.33. The van der Waals surface area contributed by atoms with Gasteiger partial charge in [-0.3, -0.25) is 0 Å². The Bertz CT molecular complexity index is 761. The van der Waals surface area contributed by atoms with Crippen LogP contribution in [-0.4, -0.2) is 24.3 Å². The zero-order chi connectivity index (χ0) is 12.8. The van der Waals surface area contributed by atoms with E-state index in [4.69, 9.17) is 9.47 Å². The maximum absolute atomic E-state index is 5.90. The van der Waals surface area contributed by atoms with Crippen LogP contribution in [0.2, 0.25) is 0 Å². The Morgan fingerprint density at radius 1 is 1.26 bits per heavy atom. The van der Waals surface area contributed by atoms with Crippen molar-refractivity contribution in [2.24, 2.45) is 0 Å². The average molecular weight is 318 g/mol. The molecule has 19 heavy (non-hydrogen) atoms. The number of H-pyrrole nitrogens is 1. The van der Waals surface area contributed by atoms with E-state index in [1.165, 1.54) is 5.39 Å². The summed E-state index contributed by atoms with van der Waals surface area (Å²) in [6.07, 6.45) is 0.268. The summed E-state index contributed by atoms with van der Waals surface area (Å²) in [5.41, 5.74) is 2.20. The molecule has 0 spiro atoms. The lowest BCUT2D eigenvalue weighted by Gasteiger charge is -2.07. The first-order valence-corrected chi connectivity index (χ1v) is 7.05. The van der Waals surface area contributed by atoms with Crippen LogP contribution in [0.3, 0.4) is 0 Å². The van der Waals surface area contributed by atoms with Crippen LogP contribution in [-0.2, 0) is 4.74 Å². The Morgan fingerprint density at radius 2 is 2.11 bits per heavy atom. The summed E-state index contributed by atoms with van der Waals surface area (Å²) in [5.74, 6) is 0.908. The molecule has 1 fully saturated rings. The SMILES string of the molecule is Brc1ccc(OCC2CO2)c2c1[nH]c1ccccc12. The molecule has 3 nitrogen and oxygen atoms in total. The van der Waals surface area contributed by atoms with E-state index in [9.17, 15) is 0 Å². The molecular formula is C15H12BrNO2. The van der Waals surface area contributed by atoms with Crippen molar-refractivity contribution in [2.75, 3.05) is 13.2 Å². The van der Waals surface area contributed by atoms with Crippen molar-refractivity contribution < 1.29 is 9.47 Å². The van der Waals surface area contributed by atoms with Gasteiger partial charge in [0.25, 0.3) is 0 Å². The van der Waals surface area contributed by atoms with E-state index < -0.39 is 0 Å². The summed E-state index contributed by atoms with van der Waals surface area (Å²) in [6, 6.07) is 12.3. The molecule has 4 rings (SSSR count). The summed E-state index contributed by atoms with van der Waals surface area (Å²) in [7, 11) is 0. The standard InChI is InChI=1S/C15H12BrNO2/c16-11-5-6-13(19-8-9-7-18-9)14-10-3-1-2-4-12(10)17-15(11)14/h1-6,9,17H,7-8H2. The zero-order valence-corrected chi connectivity index (χ0v) is 11.7. The minimum Gasteiger partial charge on any atom is -0.490 e. The fraction of sp³-hybridized carbons (Fsp3) is 0.200. The van der Waals surface area contributed by atoms with Gasteiger partial charge < -0.3 is 14.5 Å². The van der Waals surface area contributed by atoms with Crippen molar-refractivity contribution in [1.82, 2.24) is 4.98 Å². The molecule has 0 amide bonds. The molecule has 0 bridgehead atoms. The third kappa shape index (κ3) is 1.91. The van der Waals surface area contributed by atoms with Gasteiger partial charge in [0.15, 0.2) is 0 Å². The highest BCUT2D eigenvalue weighted by Gasteiger charge is 2.23. The number of hydrogen-bond donors (Lipinski definition) is 1. The first-order valence-electron chi connectivity index (χ1n) is 6.26. The Hall–Kier alpha value is -1.52. The summed E-state index contributed by atoms with van der Waals surface area (Å²) < 4.78 is 12.1. The van der Waals surface area contributed by atoms with E-state index in [-0.39, 0.29) is 6.10 Å². The first kappa shape index (κ1) is 11.3. The van der Waals surface area contributed by atoms with Crippen LogP contribution in [0.4, 0.5) is 0 Å². The van der Waals surface area contributed by atoms with Crippen LogP contribution < -0.4 is 4.74 Å². The Morgan fingerprint density at radius 3 is 2.95 bits per heavy atom. The van der Waals surface area contributed by atoms with Crippen molar-refractivity contribution in [2.45, 2.75) is 6.10 Å². The van der Waals surface area contributed by atoms with E-state index in [0.717, 1.165) is 33.2 Å². The number of epoxide rings is 1. The number of benzene rings is 2. The highest BCUT2D eigenvalue weighted by Crippen LogP contribution is 2.37. The molecule has 1 aliphatic rings. The monoisotopic (exact) mass is 317 g/mol. The van der Waals surface area contributed by atoms with Crippen LogP contribution in [0.1, 0.15) is 0 Å². The van der Waals surface area contributed by atoms with Gasteiger partial charge in [-0.25, -0.2) is 0 Å². The number of ether oxygens (including phenoxy) is 2. The average Bonchev–Trinajstić information content (AvgIpc) is 3.17. The third-order valence-corrected chi connectivity index (χ3v) is 4.06. The van der Waals surface area contributed by atoms with Crippen molar-refractivity contribution in [3.63, 3.8) is 0 Å². The number of halogens is 1. The van der Waals surface area contributed by atoms with Gasteiger partial charge in [-0.1, -0.05) is 18.2 Å². The van der Waals surface area contributed by atoms with E-state index in [1.54, 1.807) is 0 Å². The van der Waals surface area contributed by atoms with Gasteiger partial charge in [-0.15, -0.1) is 0 Å². The Balaban J connectivity index is 1.93. The van der Waals surface area contributed by atoms with Gasteiger partial charge in [0.2, 0.25) is 0 Å². The molecule has 1 unspecified atom stereocenters. The quantitative estimate of drug-likeness (QED) is 0.745. The lowest BCUT2D eigenvalue weighted by atomic mass is 10.1. The number of nitrogens with one attached hydrogen (secondary N) is 1. The number of hydrogen-bond acceptors (Lipinski definition) is 2. The third-order valence-electron chi connectivity index (χ3n) is 3.40. The smallest absolute Gasteiger partial charge is 0.129 e. The molecule has 1 saturated heterocycles. The summed E-state index contributed by atoms with van der Waals surface area (Å²) in [5, 5.41) is 2.32. The second-order valence-corrected chi connectivity index (χ2v) is 5.59. The van der Waals surface area contributed by atoms with Gasteiger partial charge in [0.05, 0.1) is 17.5 Å². The number of rotatable bonds is 3. The van der Waals surface area contributed by atoms with Crippen LogP contribution in [0.5, 0.6) is 5.75 Å². The van der Waals surface area contributed by atoms with Crippen molar-refractivity contribution >= 4 is 37.7 Å². The van der Waals surface area contributed by atoms with E-state index in [1.807, 2.05) is 24.3 Å². The second kappa shape index (κ2) is 4.25. The molecule has 2 heterocycles. The van der Waals surface area contributed by atoms with E-state index >= 15 is 0 Å². The molecule has 96 valence electrons. The molecule has 0 aliphatic carbocycles. The molecule has 3 aromatic rings. The van der Waals surface area contributed by atoms with Crippen LogP contribution in [0.25, 0.3) is 21.8 Å². The molecule has 1 atom stereocenters. The van der Waals surface area contributed by atoms with Gasteiger partial charge in [0.1, 0.15) is 18.5 Å². The topological polar surface area (TPSA) is 37.5 Å². The summed E-state index contributed by atoms with van der Waals surface area (Å²) >= 11 is 3.59. The van der Waals surface area contributed by atoms with E-state index in [2.05, 4.69) is 33.0 Å². The largest absolute Gasteiger partial charge is 0.490 e. The maximum atomic E-state index is 5.90. The lowest BCUT2D eigenvalue weighted by molar-refractivity contribution is 0.265. The molecule has 0 radical (unpaired) electrons. The molecular weight excluding hydrogens is 306 g/mol. The molecule has 1 N–H and O–H groups in total. The normalized spacial score (nSPS) is 18.1. The predicted octanol–water partition coefficient (Wildman–Crippen LogP) is 3.86. The predicted molar refractivity (Wildman–Crippen MR) is 78.7 cm³/mol. The molecule has 1 aliphatic heterocycles. The minimum absolute atomic E-state index is 0.268. The maximum Gasteiger partial charge on any atom is 0.129 e. The number of aromatic amines is 1. The van der Waals surface area contributed by atoms with Gasteiger partial charge >= 0.3 is 0 Å². The highest BCUT2D eigenvalue weighted by atomic mass is 79.9. The lowest BCUT2D eigenvalue weighted by Crippen LogP contribution is -2.04. The fourth-order valence-corrected chi connectivity index (χ4v) is 2.79. The number of fused-ring (bicyclic) bond motifs is 3. The van der Waals surface area contributed by atoms with Crippen molar-refractivity contribution in [3.8, 4) is 5.75 Å². The highest BCUT2D eigenvalue weighted by molar-refractivity contribution is 9.10. The molecule has 0 saturated carbocycles. The number of para-hydroxylation sites is 1. The van der Waals surface area contributed by atoms with Crippen molar-refractivity contribution in [3.05, 3.63) is 40.9 Å². The van der Waals surface area contributed by atoms with Gasteiger partial charge in [-0.05, 0) is 34.1 Å².